The minimum atomic E-state index is -0.0944. The van der Waals surface area contributed by atoms with Crippen LogP contribution >= 0.6 is 23.2 Å². The lowest BCUT2D eigenvalue weighted by atomic mass is 10.1. The quantitative estimate of drug-likeness (QED) is 0.871. The highest BCUT2D eigenvalue weighted by Gasteiger charge is 2.22. The van der Waals surface area contributed by atoms with Gasteiger partial charge in [0, 0.05) is 24.2 Å². The molecule has 0 saturated carbocycles. The van der Waals surface area contributed by atoms with Gasteiger partial charge in [-0.05, 0) is 58.0 Å². The van der Waals surface area contributed by atoms with E-state index >= 15 is 0 Å². The molecule has 1 heterocycles. The number of halogens is 2. The zero-order chi connectivity index (χ0) is 16.3. The van der Waals surface area contributed by atoms with E-state index in [0.29, 0.717) is 21.8 Å². The van der Waals surface area contributed by atoms with Gasteiger partial charge in [-0.1, -0.05) is 23.2 Å². The fraction of sp³-hybridized carbons (Fsp3) is 0.562. The van der Waals surface area contributed by atoms with Crippen LogP contribution in [0.1, 0.15) is 24.8 Å². The Labute approximate surface area is 142 Å². The second kappa shape index (κ2) is 7.53. The van der Waals surface area contributed by atoms with Gasteiger partial charge in [0.05, 0.1) is 10.7 Å². The van der Waals surface area contributed by atoms with Crippen molar-refractivity contribution in [3.05, 3.63) is 27.7 Å². The number of likely N-dealkylation sites (tertiary alicyclic amines) is 1. The van der Waals surface area contributed by atoms with Crippen LogP contribution in [0.3, 0.4) is 0 Å². The molecule has 22 heavy (non-hydrogen) atoms. The Bertz CT molecular complexity index is 548. The number of rotatable bonds is 2. The molecule has 6 heteroatoms. The molecular weight excluding hydrogens is 321 g/mol. The number of urea groups is 1. The standard InChI is InChI=1S/C16H23Cl2N3O/c1-11-13(17)6-7-14(15(11)18)19-16(22)21-9-4-5-12(8-10-21)20(2)3/h6-7,12H,4-5,8-10H2,1-3H3,(H,19,22)/t12-/m1/s1. The molecule has 1 aliphatic heterocycles. The lowest BCUT2D eigenvalue weighted by Gasteiger charge is -2.24. The molecule has 1 aromatic carbocycles. The summed E-state index contributed by atoms with van der Waals surface area (Å²) >= 11 is 12.3. The van der Waals surface area contributed by atoms with Gasteiger partial charge >= 0.3 is 6.03 Å². The fourth-order valence-electron chi connectivity index (χ4n) is 2.75. The monoisotopic (exact) mass is 343 g/mol. The van der Waals surface area contributed by atoms with Crippen molar-refractivity contribution in [3.63, 3.8) is 0 Å². The Hall–Kier alpha value is -0.970. The van der Waals surface area contributed by atoms with Crippen LogP contribution in [0, 0.1) is 6.92 Å². The molecule has 0 aliphatic carbocycles. The Balaban J connectivity index is 2.02. The van der Waals surface area contributed by atoms with Crippen LogP contribution in [0.2, 0.25) is 10.0 Å². The molecule has 1 aliphatic rings. The van der Waals surface area contributed by atoms with Crippen LogP contribution in [0.4, 0.5) is 10.5 Å². The van der Waals surface area contributed by atoms with Crippen molar-refractivity contribution in [1.29, 1.82) is 0 Å². The number of carbonyl (C=O) groups excluding carboxylic acids is 1. The molecule has 1 fully saturated rings. The van der Waals surface area contributed by atoms with Crippen LogP contribution < -0.4 is 5.32 Å². The zero-order valence-corrected chi connectivity index (χ0v) is 14.8. The average molecular weight is 344 g/mol. The van der Waals surface area contributed by atoms with Crippen molar-refractivity contribution in [2.45, 2.75) is 32.2 Å². The Kier molecular flexibility index (Phi) is 5.95. The first kappa shape index (κ1) is 17.4. The maximum absolute atomic E-state index is 12.5. The summed E-state index contributed by atoms with van der Waals surface area (Å²) in [5.41, 5.74) is 1.40. The summed E-state index contributed by atoms with van der Waals surface area (Å²) < 4.78 is 0. The van der Waals surface area contributed by atoms with E-state index in [0.717, 1.165) is 37.9 Å². The average Bonchev–Trinajstić information content (AvgIpc) is 2.74. The number of carbonyl (C=O) groups is 1. The van der Waals surface area contributed by atoms with E-state index in [2.05, 4.69) is 24.3 Å². The van der Waals surface area contributed by atoms with Gasteiger partial charge < -0.3 is 15.1 Å². The highest BCUT2D eigenvalue weighted by molar-refractivity contribution is 6.38. The van der Waals surface area contributed by atoms with Crippen LogP contribution in [0.25, 0.3) is 0 Å². The number of hydrogen-bond acceptors (Lipinski definition) is 2. The molecule has 0 bridgehead atoms. The molecule has 0 unspecified atom stereocenters. The topological polar surface area (TPSA) is 35.6 Å². The van der Waals surface area contributed by atoms with Gasteiger partial charge in [0.25, 0.3) is 0 Å². The first-order chi connectivity index (χ1) is 10.4. The molecule has 4 nitrogen and oxygen atoms in total. The van der Waals surface area contributed by atoms with Crippen molar-refractivity contribution in [2.24, 2.45) is 0 Å². The smallest absolute Gasteiger partial charge is 0.321 e. The number of anilines is 1. The third kappa shape index (κ3) is 4.06. The third-order valence-corrected chi connectivity index (χ3v) is 5.17. The van der Waals surface area contributed by atoms with Gasteiger partial charge in [0.15, 0.2) is 0 Å². The summed E-state index contributed by atoms with van der Waals surface area (Å²) in [5, 5.41) is 4.01. The summed E-state index contributed by atoms with van der Waals surface area (Å²) in [4.78, 5) is 16.6. The Morgan fingerprint density at radius 3 is 2.68 bits per heavy atom. The third-order valence-electron chi connectivity index (χ3n) is 4.28. The zero-order valence-electron chi connectivity index (χ0n) is 13.3. The fourth-order valence-corrected chi connectivity index (χ4v) is 3.17. The molecule has 0 spiro atoms. The molecule has 1 N–H and O–H groups in total. The second-order valence-electron chi connectivity index (χ2n) is 6.00. The highest BCUT2D eigenvalue weighted by Crippen LogP contribution is 2.31. The van der Waals surface area contributed by atoms with E-state index in [1.807, 2.05) is 11.8 Å². The number of nitrogens with zero attached hydrogens (tertiary/aromatic N) is 2. The maximum atomic E-state index is 12.5. The van der Waals surface area contributed by atoms with Crippen molar-refractivity contribution in [3.8, 4) is 0 Å². The van der Waals surface area contributed by atoms with E-state index in [1.54, 1.807) is 12.1 Å². The van der Waals surface area contributed by atoms with Gasteiger partial charge in [-0.3, -0.25) is 0 Å². The minimum Gasteiger partial charge on any atom is -0.324 e. The van der Waals surface area contributed by atoms with Gasteiger partial charge in [-0.2, -0.15) is 0 Å². The van der Waals surface area contributed by atoms with E-state index < -0.39 is 0 Å². The number of hydrogen-bond donors (Lipinski definition) is 1. The summed E-state index contributed by atoms with van der Waals surface area (Å²) in [6.07, 6.45) is 3.13. The Morgan fingerprint density at radius 1 is 1.27 bits per heavy atom. The first-order valence-corrected chi connectivity index (χ1v) is 8.32. The van der Waals surface area contributed by atoms with E-state index in [4.69, 9.17) is 23.2 Å². The molecule has 2 rings (SSSR count). The summed E-state index contributed by atoms with van der Waals surface area (Å²) in [6, 6.07) is 3.95. The van der Waals surface area contributed by atoms with Crippen LogP contribution in [0.15, 0.2) is 12.1 Å². The molecule has 1 atom stereocenters. The first-order valence-electron chi connectivity index (χ1n) is 7.57. The van der Waals surface area contributed by atoms with E-state index in [9.17, 15) is 4.79 Å². The van der Waals surface area contributed by atoms with E-state index in [1.165, 1.54) is 0 Å². The normalized spacial score (nSPS) is 19.2. The van der Waals surface area contributed by atoms with Crippen LogP contribution in [-0.4, -0.2) is 49.1 Å². The highest BCUT2D eigenvalue weighted by atomic mass is 35.5. The van der Waals surface area contributed by atoms with Gasteiger partial charge in [0.2, 0.25) is 0 Å². The molecule has 0 radical (unpaired) electrons. The predicted molar refractivity (Wildman–Crippen MR) is 93.1 cm³/mol. The number of benzene rings is 1. The molecule has 2 amide bonds. The summed E-state index contributed by atoms with van der Waals surface area (Å²) in [5.74, 6) is 0. The van der Waals surface area contributed by atoms with Crippen molar-refractivity contribution < 1.29 is 4.79 Å². The number of nitrogens with one attached hydrogen (secondary N) is 1. The predicted octanol–water partition coefficient (Wildman–Crippen LogP) is 4.25. The minimum absolute atomic E-state index is 0.0944. The van der Waals surface area contributed by atoms with Gasteiger partial charge in [-0.25, -0.2) is 4.79 Å². The lowest BCUT2D eigenvalue weighted by molar-refractivity contribution is 0.210. The largest absolute Gasteiger partial charge is 0.324 e. The number of amides is 2. The van der Waals surface area contributed by atoms with Crippen LogP contribution in [-0.2, 0) is 0 Å². The summed E-state index contributed by atoms with van der Waals surface area (Å²) in [7, 11) is 4.19. The molecule has 0 aromatic heterocycles. The van der Waals surface area contributed by atoms with Crippen molar-refractivity contribution in [1.82, 2.24) is 9.80 Å². The molecule has 1 aromatic rings. The molecular formula is C16H23Cl2N3O. The van der Waals surface area contributed by atoms with Gasteiger partial charge in [-0.15, -0.1) is 0 Å². The Morgan fingerprint density at radius 2 is 2.00 bits per heavy atom. The SMILES string of the molecule is Cc1c(Cl)ccc(NC(=O)N2CCC[C@@H](N(C)C)CC2)c1Cl. The lowest BCUT2D eigenvalue weighted by Crippen LogP contribution is -2.36. The van der Waals surface area contributed by atoms with Crippen LogP contribution in [0.5, 0.6) is 0 Å². The van der Waals surface area contributed by atoms with Gasteiger partial charge in [0.1, 0.15) is 0 Å². The van der Waals surface area contributed by atoms with Crippen molar-refractivity contribution in [2.75, 3.05) is 32.5 Å². The molecule has 1 saturated heterocycles. The van der Waals surface area contributed by atoms with Crippen molar-refractivity contribution >= 4 is 34.9 Å². The molecule has 122 valence electrons. The maximum Gasteiger partial charge on any atom is 0.321 e. The van der Waals surface area contributed by atoms with E-state index in [-0.39, 0.29) is 6.03 Å². The summed E-state index contributed by atoms with van der Waals surface area (Å²) in [6.45, 7) is 3.38. The second-order valence-corrected chi connectivity index (χ2v) is 6.78.